The number of thiophene rings is 1. The van der Waals surface area contributed by atoms with E-state index in [1.54, 1.807) is 28.6 Å². The molecule has 6 nitrogen and oxygen atoms in total. The van der Waals surface area contributed by atoms with Crippen LogP contribution >= 0.6 is 11.3 Å². The van der Waals surface area contributed by atoms with Crippen molar-refractivity contribution in [3.05, 3.63) is 53.3 Å². The predicted octanol–water partition coefficient (Wildman–Crippen LogP) is 4.53. The molecule has 0 saturated carbocycles. The number of alkyl halides is 3. The van der Waals surface area contributed by atoms with Crippen molar-refractivity contribution in [1.29, 1.82) is 0 Å². The van der Waals surface area contributed by atoms with E-state index in [0.29, 0.717) is 43.8 Å². The Hall–Kier alpha value is -2.75. The van der Waals surface area contributed by atoms with Crippen LogP contribution in [-0.4, -0.2) is 43.4 Å². The van der Waals surface area contributed by atoms with Crippen LogP contribution in [0.5, 0.6) is 0 Å². The van der Waals surface area contributed by atoms with Crippen LogP contribution in [0.1, 0.15) is 42.5 Å². The first kappa shape index (κ1) is 21.5. The maximum absolute atomic E-state index is 13.5. The molecule has 4 heterocycles. The quantitative estimate of drug-likeness (QED) is 0.574. The molecule has 3 aromatic rings. The summed E-state index contributed by atoms with van der Waals surface area (Å²) in [5.41, 5.74) is -0.675. The lowest BCUT2D eigenvalue weighted by atomic mass is 9.96. The Morgan fingerprint density at radius 3 is 2.84 bits per heavy atom. The van der Waals surface area contributed by atoms with Gasteiger partial charge in [0.1, 0.15) is 17.3 Å². The van der Waals surface area contributed by atoms with Crippen molar-refractivity contribution in [2.75, 3.05) is 13.1 Å². The number of hydrogen-bond donors (Lipinski definition) is 0. The third kappa shape index (κ3) is 4.95. The SMILES string of the molecule is Cc1nccn1CCC(=O)N1CCC[C@@H](c2nc(-c3cccs3)cc(C(F)(F)F)n2)C1. The zero-order valence-electron chi connectivity index (χ0n) is 17.0. The number of hydrogen-bond acceptors (Lipinski definition) is 5. The first-order valence-corrected chi connectivity index (χ1v) is 10.9. The standard InChI is InChI=1S/C21H22F3N5OS/c1-14-25-7-10-28(14)9-6-19(30)29-8-2-4-15(13-29)20-26-16(17-5-3-11-31-17)12-18(27-20)21(22,23)24/h3,5,7,10-12,15H,2,4,6,8-9,13H2,1H3/t15-/m1/s1. The fraction of sp³-hybridized carbons (Fsp3) is 0.429. The Bertz CT molecular complexity index is 1050. The summed E-state index contributed by atoms with van der Waals surface area (Å²) in [6, 6.07) is 4.51. The number of imidazole rings is 1. The minimum atomic E-state index is -4.56. The van der Waals surface area contributed by atoms with Crippen molar-refractivity contribution in [3.8, 4) is 10.6 Å². The molecule has 1 atom stereocenters. The van der Waals surface area contributed by atoms with Gasteiger partial charge in [0.25, 0.3) is 0 Å². The summed E-state index contributed by atoms with van der Waals surface area (Å²) in [7, 11) is 0. The summed E-state index contributed by atoms with van der Waals surface area (Å²) < 4.78 is 42.3. The summed E-state index contributed by atoms with van der Waals surface area (Å²) in [4.78, 5) is 27.6. The average Bonchev–Trinajstić information content (AvgIpc) is 3.43. The van der Waals surface area contributed by atoms with Crippen LogP contribution in [0.4, 0.5) is 13.2 Å². The van der Waals surface area contributed by atoms with E-state index in [4.69, 9.17) is 0 Å². The molecule has 31 heavy (non-hydrogen) atoms. The number of aromatic nitrogens is 4. The number of carbonyl (C=O) groups is 1. The van der Waals surface area contributed by atoms with E-state index >= 15 is 0 Å². The molecule has 1 aliphatic heterocycles. The summed E-state index contributed by atoms with van der Waals surface area (Å²) in [5, 5.41) is 1.80. The van der Waals surface area contributed by atoms with Gasteiger partial charge in [0.2, 0.25) is 5.91 Å². The molecule has 0 N–H and O–H groups in total. The summed E-state index contributed by atoms with van der Waals surface area (Å²) in [5.74, 6) is 0.640. The number of carbonyl (C=O) groups excluding carboxylic acids is 1. The van der Waals surface area contributed by atoms with Gasteiger partial charge in [-0.05, 0) is 37.3 Å². The first-order valence-electron chi connectivity index (χ1n) is 10.1. The summed E-state index contributed by atoms with van der Waals surface area (Å²) in [6.07, 6.45) is 0.617. The molecule has 10 heteroatoms. The van der Waals surface area contributed by atoms with Crippen LogP contribution in [-0.2, 0) is 17.5 Å². The average molecular weight is 450 g/mol. The normalized spacial score (nSPS) is 17.2. The molecule has 0 unspecified atom stereocenters. The molecule has 1 fully saturated rings. The molecule has 0 aromatic carbocycles. The van der Waals surface area contributed by atoms with Crippen molar-refractivity contribution in [2.45, 2.75) is 44.8 Å². The molecule has 1 amide bonds. The highest BCUT2D eigenvalue weighted by Crippen LogP contribution is 2.34. The molecular weight excluding hydrogens is 427 g/mol. The monoisotopic (exact) mass is 449 g/mol. The van der Waals surface area contributed by atoms with Crippen LogP contribution in [0, 0.1) is 6.92 Å². The molecule has 0 spiro atoms. The summed E-state index contributed by atoms with van der Waals surface area (Å²) in [6.45, 7) is 3.31. The molecule has 4 rings (SSSR count). The van der Waals surface area contributed by atoms with E-state index in [1.165, 1.54) is 11.3 Å². The maximum atomic E-state index is 13.5. The van der Waals surface area contributed by atoms with E-state index in [-0.39, 0.29) is 23.3 Å². The maximum Gasteiger partial charge on any atom is 0.433 e. The van der Waals surface area contributed by atoms with Crippen molar-refractivity contribution >= 4 is 17.2 Å². The van der Waals surface area contributed by atoms with E-state index in [9.17, 15) is 18.0 Å². The molecule has 164 valence electrons. The van der Waals surface area contributed by atoms with E-state index in [0.717, 1.165) is 11.9 Å². The Labute approximate surface area is 181 Å². The number of nitrogens with zero attached hydrogens (tertiary/aromatic N) is 5. The highest BCUT2D eigenvalue weighted by atomic mass is 32.1. The van der Waals surface area contributed by atoms with Gasteiger partial charge < -0.3 is 9.47 Å². The smallest absolute Gasteiger partial charge is 0.342 e. The van der Waals surface area contributed by atoms with Crippen molar-refractivity contribution in [1.82, 2.24) is 24.4 Å². The van der Waals surface area contributed by atoms with Gasteiger partial charge >= 0.3 is 6.18 Å². The number of halogens is 3. The van der Waals surface area contributed by atoms with Crippen molar-refractivity contribution < 1.29 is 18.0 Å². The van der Waals surface area contributed by atoms with Crippen LogP contribution in [0.2, 0.25) is 0 Å². The van der Waals surface area contributed by atoms with E-state index in [2.05, 4.69) is 15.0 Å². The number of amides is 1. The number of aryl methyl sites for hydroxylation is 2. The Kier molecular flexibility index (Phi) is 6.08. The second-order valence-electron chi connectivity index (χ2n) is 7.57. The highest BCUT2D eigenvalue weighted by Gasteiger charge is 2.35. The largest absolute Gasteiger partial charge is 0.433 e. The molecular formula is C21H22F3N5OS. The van der Waals surface area contributed by atoms with Crippen LogP contribution < -0.4 is 0 Å². The molecule has 0 bridgehead atoms. The van der Waals surface area contributed by atoms with Gasteiger partial charge in [0.15, 0.2) is 0 Å². The molecule has 0 aliphatic carbocycles. The fourth-order valence-corrected chi connectivity index (χ4v) is 4.46. The third-order valence-electron chi connectivity index (χ3n) is 5.44. The number of rotatable bonds is 5. The Balaban J connectivity index is 1.52. The lowest BCUT2D eigenvalue weighted by molar-refractivity contribution is -0.141. The van der Waals surface area contributed by atoms with Gasteiger partial charge in [-0.1, -0.05) is 6.07 Å². The Morgan fingerprint density at radius 2 is 2.16 bits per heavy atom. The minimum absolute atomic E-state index is 0.0248. The number of piperidine rings is 1. The minimum Gasteiger partial charge on any atom is -0.342 e. The molecule has 0 radical (unpaired) electrons. The van der Waals surface area contributed by atoms with Crippen LogP contribution in [0.25, 0.3) is 10.6 Å². The van der Waals surface area contributed by atoms with Gasteiger partial charge in [-0.25, -0.2) is 15.0 Å². The van der Waals surface area contributed by atoms with Crippen LogP contribution in [0.3, 0.4) is 0 Å². The van der Waals surface area contributed by atoms with E-state index in [1.807, 2.05) is 17.7 Å². The van der Waals surface area contributed by atoms with Gasteiger partial charge in [-0.2, -0.15) is 13.2 Å². The second kappa shape index (κ2) is 8.78. The fourth-order valence-electron chi connectivity index (χ4n) is 3.77. The first-order chi connectivity index (χ1) is 14.8. The highest BCUT2D eigenvalue weighted by molar-refractivity contribution is 7.13. The molecule has 1 aliphatic rings. The molecule has 3 aromatic heterocycles. The Morgan fingerprint density at radius 1 is 1.32 bits per heavy atom. The number of likely N-dealkylation sites (tertiary alicyclic amines) is 1. The van der Waals surface area contributed by atoms with Crippen LogP contribution in [0.15, 0.2) is 36.0 Å². The van der Waals surface area contributed by atoms with Crippen molar-refractivity contribution in [2.24, 2.45) is 0 Å². The third-order valence-corrected chi connectivity index (χ3v) is 6.33. The predicted molar refractivity (Wildman–Crippen MR) is 110 cm³/mol. The zero-order chi connectivity index (χ0) is 22.0. The van der Waals surface area contributed by atoms with E-state index < -0.39 is 11.9 Å². The lowest BCUT2D eigenvalue weighted by Gasteiger charge is -2.32. The zero-order valence-corrected chi connectivity index (χ0v) is 17.8. The van der Waals surface area contributed by atoms with Gasteiger partial charge in [0.05, 0.1) is 10.6 Å². The van der Waals surface area contributed by atoms with Gasteiger partial charge in [-0.3, -0.25) is 4.79 Å². The molecule has 1 saturated heterocycles. The van der Waals surface area contributed by atoms with Crippen molar-refractivity contribution in [3.63, 3.8) is 0 Å². The lowest BCUT2D eigenvalue weighted by Crippen LogP contribution is -2.40. The summed E-state index contributed by atoms with van der Waals surface area (Å²) >= 11 is 1.33. The van der Waals surface area contributed by atoms with Gasteiger partial charge in [-0.15, -0.1) is 11.3 Å². The van der Waals surface area contributed by atoms with Gasteiger partial charge in [0, 0.05) is 44.4 Å². The second-order valence-corrected chi connectivity index (χ2v) is 8.52. The topological polar surface area (TPSA) is 63.9 Å².